The molecule has 0 spiro atoms. The van der Waals surface area contributed by atoms with Crippen LogP contribution in [0.2, 0.25) is 0 Å². The molecule has 6 heteroatoms. The Morgan fingerprint density at radius 3 is 2.72 bits per heavy atom. The second-order valence-corrected chi connectivity index (χ2v) is 4.36. The summed E-state index contributed by atoms with van der Waals surface area (Å²) in [7, 11) is 3.94. The van der Waals surface area contributed by atoms with Gasteiger partial charge in [-0.25, -0.2) is 0 Å². The number of nitrogens with zero attached hydrogens (tertiary/aromatic N) is 3. The van der Waals surface area contributed by atoms with E-state index in [1.54, 1.807) is 13.0 Å². The molecule has 1 rings (SSSR count). The van der Waals surface area contributed by atoms with Gasteiger partial charge in [0, 0.05) is 18.3 Å². The highest BCUT2D eigenvalue weighted by molar-refractivity contribution is 6.00. The molecule has 0 aromatic carbocycles. The first-order valence-electron chi connectivity index (χ1n) is 5.69. The summed E-state index contributed by atoms with van der Waals surface area (Å²) in [4.78, 5) is 6.30. The average Bonchev–Trinajstić information content (AvgIpc) is 2.27. The summed E-state index contributed by atoms with van der Waals surface area (Å²) in [5, 5.41) is 11.8. The Morgan fingerprint density at radius 1 is 1.50 bits per heavy atom. The van der Waals surface area contributed by atoms with E-state index in [1.165, 1.54) is 0 Å². The fraction of sp³-hybridized carbons (Fsp3) is 0.500. The number of hydrogen-bond acceptors (Lipinski definition) is 5. The third-order valence-electron chi connectivity index (χ3n) is 2.45. The number of amidine groups is 1. The lowest BCUT2D eigenvalue weighted by Gasteiger charge is -2.15. The van der Waals surface area contributed by atoms with Crippen molar-refractivity contribution in [3.05, 3.63) is 23.0 Å². The van der Waals surface area contributed by atoms with Crippen molar-refractivity contribution in [1.29, 1.82) is 0 Å². The van der Waals surface area contributed by atoms with Crippen molar-refractivity contribution in [3.63, 3.8) is 0 Å². The molecule has 100 valence electrons. The van der Waals surface area contributed by atoms with E-state index in [2.05, 4.69) is 10.1 Å². The molecular weight excluding hydrogens is 232 g/mol. The van der Waals surface area contributed by atoms with Gasteiger partial charge in [0.05, 0.1) is 11.3 Å². The largest absolute Gasteiger partial charge is 0.491 e. The lowest BCUT2D eigenvalue weighted by molar-refractivity contribution is 0.260. The van der Waals surface area contributed by atoms with E-state index in [9.17, 15) is 0 Å². The molecule has 0 aliphatic heterocycles. The first-order chi connectivity index (χ1) is 8.45. The maximum atomic E-state index is 8.79. The molecule has 0 bridgehead atoms. The quantitative estimate of drug-likeness (QED) is 0.349. The van der Waals surface area contributed by atoms with E-state index in [4.69, 9.17) is 15.7 Å². The molecule has 0 saturated heterocycles. The smallest absolute Gasteiger partial charge is 0.175 e. The van der Waals surface area contributed by atoms with Crippen molar-refractivity contribution in [2.45, 2.75) is 13.8 Å². The number of nitrogens with two attached hydrogens (primary N) is 1. The minimum absolute atomic E-state index is 0.0138. The molecule has 3 N–H and O–H groups in total. The fourth-order valence-electron chi connectivity index (χ4n) is 1.61. The Bertz CT molecular complexity index is 444. The number of ether oxygens (including phenoxy) is 1. The molecule has 0 fully saturated rings. The van der Waals surface area contributed by atoms with Crippen molar-refractivity contribution in [2.24, 2.45) is 10.9 Å². The van der Waals surface area contributed by atoms with Crippen molar-refractivity contribution in [1.82, 2.24) is 9.88 Å². The molecule has 1 aromatic heterocycles. The van der Waals surface area contributed by atoms with Crippen molar-refractivity contribution >= 4 is 5.84 Å². The van der Waals surface area contributed by atoms with Crippen LogP contribution in [-0.4, -0.2) is 48.2 Å². The number of aromatic nitrogens is 1. The van der Waals surface area contributed by atoms with Crippen LogP contribution in [0.3, 0.4) is 0 Å². The third kappa shape index (κ3) is 3.59. The van der Waals surface area contributed by atoms with Crippen LogP contribution in [-0.2, 0) is 0 Å². The topological polar surface area (TPSA) is 84.0 Å². The molecule has 0 radical (unpaired) electrons. The zero-order valence-electron chi connectivity index (χ0n) is 11.3. The number of aryl methyl sites for hydroxylation is 2. The zero-order chi connectivity index (χ0) is 13.7. The van der Waals surface area contributed by atoms with Crippen LogP contribution < -0.4 is 10.5 Å². The average molecular weight is 252 g/mol. The van der Waals surface area contributed by atoms with Crippen molar-refractivity contribution in [3.8, 4) is 5.75 Å². The standard InChI is InChI=1S/C12H20N4O2/c1-8-7-10(18-6-5-16(3)4)11(9(2)14-8)12(13)15-17/h7,17H,5-6H2,1-4H3,(H2,13,15). The Morgan fingerprint density at radius 2 is 2.17 bits per heavy atom. The highest BCUT2D eigenvalue weighted by Gasteiger charge is 2.14. The van der Waals surface area contributed by atoms with Crippen molar-refractivity contribution in [2.75, 3.05) is 27.2 Å². The molecular formula is C12H20N4O2. The maximum Gasteiger partial charge on any atom is 0.175 e. The van der Waals surface area contributed by atoms with Gasteiger partial charge in [0.25, 0.3) is 0 Å². The Balaban J connectivity index is 3.00. The first kappa shape index (κ1) is 14.2. The summed E-state index contributed by atoms with van der Waals surface area (Å²) < 4.78 is 5.68. The number of pyridine rings is 1. The van der Waals surface area contributed by atoms with Crippen LogP contribution in [0.4, 0.5) is 0 Å². The summed E-state index contributed by atoms with van der Waals surface area (Å²) in [5.41, 5.74) is 7.71. The number of likely N-dealkylation sites (N-methyl/N-ethyl adjacent to an activating group) is 1. The Labute approximate surface area is 107 Å². The summed E-state index contributed by atoms with van der Waals surface area (Å²) >= 11 is 0. The molecule has 1 heterocycles. The van der Waals surface area contributed by atoms with Gasteiger partial charge in [-0.2, -0.15) is 0 Å². The van der Waals surface area contributed by atoms with Crippen LogP contribution in [0, 0.1) is 13.8 Å². The van der Waals surface area contributed by atoms with Gasteiger partial charge in [-0.3, -0.25) is 4.98 Å². The van der Waals surface area contributed by atoms with E-state index in [-0.39, 0.29) is 5.84 Å². The predicted octanol–water partition coefficient (Wildman–Crippen LogP) is 0.733. The Hall–Kier alpha value is -1.82. The molecule has 0 atom stereocenters. The predicted molar refractivity (Wildman–Crippen MR) is 70.3 cm³/mol. The lowest BCUT2D eigenvalue weighted by atomic mass is 10.1. The van der Waals surface area contributed by atoms with Gasteiger partial charge in [0.2, 0.25) is 0 Å². The first-order valence-corrected chi connectivity index (χ1v) is 5.69. The zero-order valence-corrected chi connectivity index (χ0v) is 11.3. The SMILES string of the molecule is Cc1cc(OCCN(C)C)c(/C(N)=N/O)c(C)n1. The normalized spacial score (nSPS) is 11.9. The molecule has 0 unspecified atom stereocenters. The van der Waals surface area contributed by atoms with Crippen LogP contribution in [0.25, 0.3) is 0 Å². The Kier molecular flexibility index (Phi) is 4.91. The second kappa shape index (κ2) is 6.20. The van der Waals surface area contributed by atoms with E-state index in [1.807, 2.05) is 25.9 Å². The highest BCUT2D eigenvalue weighted by Crippen LogP contribution is 2.22. The molecule has 1 aromatic rings. The minimum atomic E-state index is 0.0138. The minimum Gasteiger partial charge on any atom is -0.491 e. The summed E-state index contributed by atoms with van der Waals surface area (Å²) in [6.45, 7) is 5.00. The maximum absolute atomic E-state index is 8.79. The van der Waals surface area contributed by atoms with E-state index >= 15 is 0 Å². The summed E-state index contributed by atoms with van der Waals surface area (Å²) in [6.07, 6.45) is 0. The van der Waals surface area contributed by atoms with E-state index in [0.29, 0.717) is 23.6 Å². The number of oxime groups is 1. The highest BCUT2D eigenvalue weighted by atomic mass is 16.5. The number of hydrogen-bond donors (Lipinski definition) is 2. The molecule has 18 heavy (non-hydrogen) atoms. The molecule has 0 amide bonds. The molecule has 0 aliphatic carbocycles. The van der Waals surface area contributed by atoms with Gasteiger partial charge in [-0.05, 0) is 27.9 Å². The van der Waals surface area contributed by atoms with E-state index in [0.717, 1.165) is 12.2 Å². The van der Waals surface area contributed by atoms with Gasteiger partial charge in [-0.1, -0.05) is 5.16 Å². The number of rotatable bonds is 5. The molecule has 0 saturated carbocycles. The van der Waals surface area contributed by atoms with Crippen LogP contribution in [0.5, 0.6) is 5.75 Å². The van der Waals surface area contributed by atoms with Gasteiger partial charge >= 0.3 is 0 Å². The second-order valence-electron chi connectivity index (χ2n) is 4.36. The van der Waals surface area contributed by atoms with Crippen LogP contribution in [0.15, 0.2) is 11.2 Å². The lowest BCUT2D eigenvalue weighted by Crippen LogP contribution is -2.22. The summed E-state index contributed by atoms with van der Waals surface area (Å²) in [6, 6.07) is 1.79. The van der Waals surface area contributed by atoms with Crippen LogP contribution >= 0.6 is 0 Å². The molecule has 6 nitrogen and oxygen atoms in total. The van der Waals surface area contributed by atoms with Gasteiger partial charge in [-0.15, -0.1) is 0 Å². The monoisotopic (exact) mass is 252 g/mol. The third-order valence-corrected chi connectivity index (χ3v) is 2.45. The van der Waals surface area contributed by atoms with E-state index < -0.39 is 0 Å². The van der Waals surface area contributed by atoms with Crippen molar-refractivity contribution < 1.29 is 9.94 Å². The van der Waals surface area contributed by atoms with Gasteiger partial charge in [0.1, 0.15) is 12.4 Å². The van der Waals surface area contributed by atoms with Gasteiger partial charge < -0.3 is 20.6 Å². The molecule has 0 aliphatic rings. The fourth-order valence-corrected chi connectivity index (χ4v) is 1.61. The van der Waals surface area contributed by atoms with Crippen LogP contribution in [0.1, 0.15) is 17.0 Å². The summed E-state index contributed by atoms with van der Waals surface area (Å²) in [5.74, 6) is 0.608. The van der Waals surface area contributed by atoms with Gasteiger partial charge in [0.15, 0.2) is 5.84 Å².